The Kier molecular flexibility index (Phi) is 3.33. The van der Waals surface area contributed by atoms with Gasteiger partial charge in [0, 0.05) is 18.3 Å². The van der Waals surface area contributed by atoms with Gasteiger partial charge in [-0.3, -0.25) is 9.59 Å². The summed E-state index contributed by atoms with van der Waals surface area (Å²) in [6.07, 6.45) is -3.92. The highest BCUT2D eigenvalue weighted by Gasteiger charge is 2.33. The van der Waals surface area contributed by atoms with E-state index in [0.717, 1.165) is 6.20 Å². The van der Waals surface area contributed by atoms with Crippen molar-refractivity contribution in [3.63, 3.8) is 0 Å². The highest BCUT2D eigenvalue weighted by Crippen LogP contribution is 2.21. The zero-order valence-electron chi connectivity index (χ0n) is 7.80. The molecule has 0 saturated carbocycles. The number of carbonyl (C=O) groups is 1. The third-order valence-corrected chi connectivity index (χ3v) is 1.70. The van der Waals surface area contributed by atoms with Crippen molar-refractivity contribution >= 4 is 6.29 Å². The van der Waals surface area contributed by atoms with E-state index in [4.69, 9.17) is 5.73 Å². The molecule has 0 aliphatic heterocycles. The van der Waals surface area contributed by atoms with E-state index in [2.05, 4.69) is 9.72 Å². The van der Waals surface area contributed by atoms with Crippen molar-refractivity contribution in [1.29, 1.82) is 0 Å². The van der Waals surface area contributed by atoms with Crippen LogP contribution in [0.2, 0.25) is 0 Å². The van der Waals surface area contributed by atoms with Gasteiger partial charge in [0.05, 0.1) is 0 Å². The summed E-state index contributed by atoms with van der Waals surface area (Å²) in [6.45, 7) is -0.261. The molecule has 16 heavy (non-hydrogen) atoms. The van der Waals surface area contributed by atoms with Gasteiger partial charge in [-0.15, -0.1) is 13.2 Å². The quantitative estimate of drug-likeness (QED) is 0.750. The van der Waals surface area contributed by atoms with Crippen molar-refractivity contribution < 1.29 is 22.7 Å². The van der Waals surface area contributed by atoms with Gasteiger partial charge < -0.3 is 15.5 Å². The lowest BCUT2D eigenvalue weighted by Gasteiger charge is -2.10. The first kappa shape index (κ1) is 12.2. The summed E-state index contributed by atoms with van der Waals surface area (Å²) in [7, 11) is 0. The fourth-order valence-electron chi connectivity index (χ4n) is 1.02. The average Bonchev–Trinajstić information content (AvgIpc) is 2.19. The average molecular weight is 236 g/mol. The number of aromatic nitrogens is 1. The summed E-state index contributed by atoms with van der Waals surface area (Å²) in [4.78, 5) is 24.0. The minimum absolute atomic E-state index is 0.0583. The van der Waals surface area contributed by atoms with Crippen LogP contribution in [0.5, 0.6) is 5.75 Å². The maximum Gasteiger partial charge on any atom is 0.573 e. The molecule has 0 radical (unpaired) electrons. The van der Waals surface area contributed by atoms with E-state index in [1.165, 1.54) is 0 Å². The molecule has 0 amide bonds. The van der Waals surface area contributed by atoms with Gasteiger partial charge in [-0.05, 0) is 0 Å². The normalized spacial score (nSPS) is 11.2. The molecule has 1 aromatic rings. The van der Waals surface area contributed by atoms with Gasteiger partial charge in [0.15, 0.2) is 6.29 Å². The van der Waals surface area contributed by atoms with Crippen LogP contribution in [-0.4, -0.2) is 17.6 Å². The molecule has 0 atom stereocenters. The summed E-state index contributed by atoms with van der Waals surface area (Å²) in [6, 6.07) is 0. The Labute approximate surface area is 87.0 Å². The molecule has 1 aromatic heterocycles. The van der Waals surface area contributed by atoms with E-state index in [9.17, 15) is 22.8 Å². The fraction of sp³-hybridized carbons (Fsp3) is 0.250. The van der Waals surface area contributed by atoms with Crippen molar-refractivity contribution in [3.8, 4) is 5.75 Å². The van der Waals surface area contributed by atoms with Gasteiger partial charge in [-0.25, -0.2) is 0 Å². The number of rotatable bonds is 3. The third-order valence-electron chi connectivity index (χ3n) is 1.70. The number of pyridine rings is 1. The number of alkyl halides is 3. The Balaban J connectivity index is 3.33. The van der Waals surface area contributed by atoms with Crippen molar-refractivity contribution in [2.75, 3.05) is 0 Å². The van der Waals surface area contributed by atoms with E-state index in [1.54, 1.807) is 0 Å². The van der Waals surface area contributed by atoms with Crippen molar-refractivity contribution in [2.45, 2.75) is 12.9 Å². The van der Waals surface area contributed by atoms with Gasteiger partial charge in [-0.1, -0.05) is 0 Å². The van der Waals surface area contributed by atoms with Gasteiger partial charge in [-0.2, -0.15) is 0 Å². The monoisotopic (exact) mass is 236 g/mol. The topological polar surface area (TPSA) is 85.2 Å². The predicted molar refractivity (Wildman–Crippen MR) is 47.0 cm³/mol. The molecule has 5 nitrogen and oxygen atoms in total. The molecule has 0 saturated heterocycles. The Bertz CT molecular complexity index is 453. The zero-order chi connectivity index (χ0) is 12.3. The van der Waals surface area contributed by atoms with Crippen LogP contribution in [0.25, 0.3) is 0 Å². The van der Waals surface area contributed by atoms with Crippen molar-refractivity contribution in [3.05, 3.63) is 27.7 Å². The molecular formula is C8H7F3N2O3. The zero-order valence-corrected chi connectivity index (χ0v) is 7.80. The number of carbonyl (C=O) groups excluding carboxylic acids is 1. The summed E-state index contributed by atoms with van der Waals surface area (Å²) in [5.41, 5.74) is 3.38. The molecule has 0 fully saturated rings. The van der Waals surface area contributed by atoms with Crippen molar-refractivity contribution in [1.82, 2.24) is 4.98 Å². The van der Waals surface area contributed by atoms with Gasteiger partial charge in [0.2, 0.25) is 11.2 Å². The smallest absolute Gasteiger partial charge is 0.399 e. The van der Waals surface area contributed by atoms with E-state index >= 15 is 0 Å². The molecule has 0 aromatic carbocycles. The molecular weight excluding hydrogens is 229 g/mol. The van der Waals surface area contributed by atoms with Gasteiger partial charge >= 0.3 is 6.36 Å². The molecule has 0 bridgehead atoms. The number of nitrogens with one attached hydrogen (secondary N) is 1. The third kappa shape index (κ3) is 2.60. The van der Waals surface area contributed by atoms with Crippen LogP contribution >= 0.6 is 0 Å². The lowest BCUT2D eigenvalue weighted by atomic mass is 10.2. The molecule has 1 rings (SSSR count). The summed E-state index contributed by atoms with van der Waals surface area (Å²) in [5.74, 6) is -1.09. The fourth-order valence-corrected chi connectivity index (χ4v) is 1.02. The van der Waals surface area contributed by atoms with Crippen LogP contribution in [0.3, 0.4) is 0 Å². The van der Waals surface area contributed by atoms with Crippen LogP contribution in [0.4, 0.5) is 13.2 Å². The minimum Gasteiger partial charge on any atom is -0.399 e. The van der Waals surface area contributed by atoms with Crippen LogP contribution in [0, 0.1) is 0 Å². The van der Waals surface area contributed by atoms with E-state index < -0.39 is 23.2 Å². The maximum atomic E-state index is 12.0. The largest absolute Gasteiger partial charge is 0.573 e. The Morgan fingerprint density at radius 3 is 2.56 bits per heavy atom. The van der Waals surface area contributed by atoms with E-state index in [0.29, 0.717) is 0 Å². The predicted octanol–water partition coefficient (Wildman–Crippen LogP) is 0.545. The number of hydrogen-bond acceptors (Lipinski definition) is 4. The van der Waals surface area contributed by atoms with Crippen LogP contribution < -0.4 is 15.9 Å². The standard InChI is InChI=1S/C8H7F3N2O3/c9-8(10,11)16-7-5(3-14)13-2-4(1-12)6(7)15/h2-3H,1,12H2,(H,13,15). The molecule has 0 aliphatic rings. The number of hydrogen-bond donors (Lipinski definition) is 2. The summed E-state index contributed by atoms with van der Waals surface area (Å²) in [5, 5.41) is 0. The SMILES string of the molecule is NCc1c[nH]c(C=O)c(OC(F)(F)F)c1=O. The second-order valence-corrected chi connectivity index (χ2v) is 2.76. The van der Waals surface area contributed by atoms with Gasteiger partial charge in [0.1, 0.15) is 5.69 Å². The molecule has 88 valence electrons. The van der Waals surface area contributed by atoms with Crippen molar-refractivity contribution in [2.24, 2.45) is 5.73 Å². The summed E-state index contributed by atoms with van der Waals surface area (Å²) < 4.78 is 39.3. The maximum absolute atomic E-state index is 12.0. The highest BCUT2D eigenvalue weighted by atomic mass is 19.4. The second kappa shape index (κ2) is 4.35. The summed E-state index contributed by atoms with van der Waals surface area (Å²) >= 11 is 0. The first-order valence-electron chi connectivity index (χ1n) is 4.04. The first-order chi connectivity index (χ1) is 7.39. The number of ether oxygens (including phenoxy) is 1. The Morgan fingerprint density at radius 1 is 1.50 bits per heavy atom. The Morgan fingerprint density at radius 2 is 2.12 bits per heavy atom. The van der Waals surface area contributed by atoms with E-state index in [1.807, 2.05) is 0 Å². The van der Waals surface area contributed by atoms with Crippen LogP contribution in [0.1, 0.15) is 16.1 Å². The van der Waals surface area contributed by atoms with Crippen LogP contribution in [0.15, 0.2) is 11.0 Å². The molecule has 8 heteroatoms. The number of aldehydes is 1. The number of aromatic amines is 1. The molecule has 1 heterocycles. The van der Waals surface area contributed by atoms with Crippen LogP contribution in [-0.2, 0) is 6.54 Å². The molecule has 3 N–H and O–H groups in total. The minimum atomic E-state index is -5.04. The lowest BCUT2D eigenvalue weighted by Crippen LogP contribution is -2.25. The van der Waals surface area contributed by atoms with Gasteiger partial charge in [0.25, 0.3) is 0 Å². The molecule has 0 spiro atoms. The first-order valence-corrected chi connectivity index (χ1v) is 4.04. The second-order valence-electron chi connectivity index (χ2n) is 2.76. The number of H-pyrrole nitrogens is 1. The number of halogens is 3. The highest BCUT2D eigenvalue weighted by molar-refractivity contribution is 5.76. The molecule has 0 aliphatic carbocycles. The van der Waals surface area contributed by atoms with E-state index in [-0.39, 0.29) is 18.4 Å². The Hall–Kier alpha value is -1.83. The number of nitrogens with two attached hydrogens (primary N) is 1. The lowest BCUT2D eigenvalue weighted by molar-refractivity contribution is -0.275. The molecule has 0 unspecified atom stereocenters.